The van der Waals surface area contributed by atoms with Crippen LogP contribution in [-0.4, -0.2) is 62.8 Å². The summed E-state index contributed by atoms with van der Waals surface area (Å²) >= 11 is 0. The molecule has 34 heavy (non-hydrogen) atoms. The number of esters is 2. The predicted octanol–water partition coefficient (Wildman–Crippen LogP) is 3.06. The molecule has 0 unspecified atom stereocenters. The second kappa shape index (κ2) is 12.6. The first-order valence-corrected chi connectivity index (χ1v) is 11.2. The van der Waals surface area contributed by atoms with Gasteiger partial charge >= 0.3 is 11.9 Å². The number of carbonyl (C=O) groups is 2. The third-order valence-electron chi connectivity index (χ3n) is 5.66. The van der Waals surface area contributed by atoms with Crippen LogP contribution in [0.2, 0.25) is 0 Å². The smallest absolute Gasteiger partial charge is 0.303 e. The van der Waals surface area contributed by atoms with Crippen LogP contribution in [0.3, 0.4) is 0 Å². The highest BCUT2D eigenvalue weighted by atomic mass is 16.6. The molecule has 8 heteroatoms. The van der Waals surface area contributed by atoms with Crippen molar-refractivity contribution < 1.29 is 38.0 Å². The molecule has 1 saturated carbocycles. The molecule has 6 atom stereocenters. The van der Waals surface area contributed by atoms with E-state index in [1.807, 2.05) is 60.7 Å². The zero-order chi connectivity index (χ0) is 24.5. The molecule has 2 aromatic rings. The Hall–Kier alpha value is -2.78. The van der Waals surface area contributed by atoms with Crippen LogP contribution in [0.15, 0.2) is 60.7 Å². The van der Waals surface area contributed by atoms with Gasteiger partial charge in [-0.1, -0.05) is 60.7 Å². The van der Waals surface area contributed by atoms with Gasteiger partial charge < -0.3 is 28.4 Å². The summed E-state index contributed by atoms with van der Waals surface area (Å²) in [6.07, 6.45) is -4.82. The fourth-order valence-electron chi connectivity index (χ4n) is 4.22. The standard InChI is InChI=1S/C26H32O8/c1-17(27)33-25-22(30-4)21(29-3)23(31-15-19-11-7-5-8-12-19)24(26(25)34-18(2)28)32-16-20-13-9-6-10-14-20/h5-14,21-26H,15-16H2,1-4H3/t21-,22-,23+,24-,25+,26-/m0/s1. The second-order valence-electron chi connectivity index (χ2n) is 8.07. The van der Waals surface area contributed by atoms with E-state index in [-0.39, 0.29) is 13.2 Å². The molecule has 8 nitrogen and oxygen atoms in total. The zero-order valence-electron chi connectivity index (χ0n) is 19.9. The summed E-state index contributed by atoms with van der Waals surface area (Å²) in [5.74, 6) is -1.08. The van der Waals surface area contributed by atoms with Crippen molar-refractivity contribution in [3.8, 4) is 0 Å². The number of carbonyl (C=O) groups excluding carboxylic acids is 2. The Bertz CT molecular complexity index is 904. The lowest BCUT2D eigenvalue weighted by Gasteiger charge is -2.48. The number of methoxy groups -OCH3 is 2. The number of ether oxygens (including phenoxy) is 6. The summed E-state index contributed by atoms with van der Waals surface area (Å²) in [6.45, 7) is 3.09. The molecule has 0 heterocycles. The maximum atomic E-state index is 12.1. The van der Waals surface area contributed by atoms with Gasteiger partial charge in [0.15, 0.2) is 12.2 Å². The van der Waals surface area contributed by atoms with Crippen molar-refractivity contribution in [2.45, 2.75) is 63.7 Å². The first kappa shape index (κ1) is 25.8. The molecule has 0 saturated heterocycles. The van der Waals surface area contributed by atoms with Gasteiger partial charge in [0.05, 0.1) is 13.2 Å². The van der Waals surface area contributed by atoms with Gasteiger partial charge in [0.1, 0.15) is 24.4 Å². The van der Waals surface area contributed by atoms with Gasteiger partial charge in [-0.15, -0.1) is 0 Å². The van der Waals surface area contributed by atoms with Gasteiger partial charge in [0.2, 0.25) is 0 Å². The van der Waals surface area contributed by atoms with Gasteiger partial charge in [-0.05, 0) is 11.1 Å². The summed E-state index contributed by atoms with van der Waals surface area (Å²) in [5, 5.41) is 0. The van der Waals surface area contributed by atoms with Crippen molar-refractivity contribution in [3.05, 3.63) is 71.8 Å². The quantitative estimate of drug-likeness (QED) is 0.488. The molecule has 0 spiro atoms. The van der Waals surface area contributed by atoms with Crippen LogP contribution in [-0.2, 0) is 51.2 Å². The Morgan fingerprint density at radius 2 is 0.941 bits per heavy atom. The van der Waals surface area contributed by atoms with Crippen LogP contribution in [0.5, 0.6) is 0 Å². The molecule has 184 valence electrons. The molecule has 3 rings (SSSR count). The maximum absolute atomic E-state index is 12.1. The van der Waals surface area contributed by atoms with Gasteiger partial charge in [0, 0.05) is 28.1 Å². The Kier molecular flexibility index (Phi) is 9.59. The van der Waals surface area contributed by atoms with E-state index in [9.17, 15) is 9.59 Å². The monoisotopic (exact) mass is 472 g/mol. The highest BCUT2D eigenvalue weighted by Gasteiger charge is 2.56. The molecule has 0 aliphatic heterocycles. The number of hydrogen-bond donors (Lipinski definition) is 0. The minimum atomic E-state index is -0.970. The number of hydrogen-bond acceptors (Lipinski definition) is 8. The van der Waals surface area contributed by atoms with Crippen LogP contribution in [0.25, 0.3) is 0 Å². The lowest BCUT2D eigenvalue weighted by Crippen LogP contribution is -2.67. The van der Waals surface area contributed by atoms with Crippen molar-refractivity contribution in [2.75, 3.05) is 14.2 Å². The third-order valence-corrected chi connectivity index (χ3v) is 5.66. The first-order chi connectivity index (χ1) is 16.4. The molecular formula is C26H32O8. The van der Waals surface area contributed by atoms with E-state index in [0.717, 1.165) is 11.1 Å². The van der Waals surface area contributed by atoms with E-state index in [2.05, 4.69) is 0 Å². The fourth-order valence-corrected chi connectivity index (χ4v) is 4.22. The lowest BCUT2D eigenvalue weighted by molar-refractivity contribution is -0.269. The SMILES string of the molecule is CO[C@H]1[C@H](OC)[C@@H](OC(C)=O)[C@@H](OC(C)=O)[C@@H](OCc2ccccc2)[C@@H]1OCc1ccccc1. The molecule has 0 N–H and O–H groups in total. The molecule has 0 radical (unpaired) electrons. The summed E-state index contributed by atoms with van der Waals surface area (Å²) in [6, 6.07) is 19.3. The average molecular weight is 473 g/mol. The van der Waals surface area contributed by atoms with Gasteiger partial charge in [-0.2, -0.15) is 0 Å². The van der Waals surface area contributed by atoms with Crippen LogP contribution in [0.1, 0.15) is 25.0 Å². The van der Waals surface area contributed by atoms with Crippen LogP contribution in [0, 0.1) is 0 Å². The summed E-state index contributed by atoms with van der Waals surface area (Å²) in [4.78, 5) is 24.0. The van der Waals surface area contributed by atoms with E-state index in [4.69, 9.17) is 28.4 Å². The molecule has 0 aromatic heterocycles. The van der Waals surface area contributed by atoms with Crippen LogP contribution >= 0.6 is 0 Å². The molecule has 0 amide bonds. The Labute approximate surface area is 200 Å². The Morgan fingerprint density at radius 1 is 0.588 bits per heavy atom. The number of rotatable bonds is 10. The molecule has 2 aromatic carbocycles. The minimum absolute atomic E-state index is 0.231. The highest BCUT2D eigenvalue weighted by molar-refractivity contribution is 5.67. The van der Waals surface area contributed by atoms with Gasteiger partial charge in [0.25, 0.3) is 0 Å². The van der Waals surface area contributed by atoms with Gasteiger partial charge in [-0.3, -0.25) is 9.59 Å². The predicted molar refractivity (Wildman–Crippen MR) is 123 cm³/mol. The van der Waals surface area contributed by atoms with E-state index in [1.54, 1.807) is 0 Å². The second-order valence-corrected chi connectivity index (χ2v) is 8.07. The Balaban J connectivity index is 1.96. The number of benzene rings is 2. The van der Waals surface area contributed by atoms with Crippen molar-refractivity contribution in [1.82, 2.24) is 0 Å². The van der Waals surface area contributed by atoms with E-state index in [1.165, 1.54) is 28.1 Å². The lowest BCUT2D eigenvalue weighted by atomic mass is 9.83. The summed E-state index contributed by atoms with van der Waals surface area (Å²) in [5.41, 5.74) is 1.89. The minimum Gasteiger partial charge on any atom is -0.456 e. The average Bonchev–Trinajstić information content (AvgIpc) is 2.83. The van der Waals surface area contributed by atoms with E-state index < -0.39 is 48.6 Å². The zero-order valence-corrected chi connectivity index (χ0v) is 19.9. The van der Waals surface area contributed by atoms with Crippen molar-refractivity contribution >= 4 is 11.9 Å². The normalized spacial score (nSPS) is 26.6. The van der Waals surface area contributed by atoms with E-state index >= 15 is 0 Å². The van der Waals surface area contributed by atoms with Crippen LogP contribution in [0.4, 0.5) is 0 Å². The molecular weight excluding hydrogens is 440 g/mol. The summed E-state index contributed by atoms with van der Waals surface area (Å²) in [7, 11) is 3.01. The van der Waals surface area contributed by atoms with E-state index in [0.29, 0.717) is 0 Å². The molecule has 1 fully saturated rings. The van der Waals surface area contributed by atoms with Crippen LogP contribution < -0.4 is 0 Å². The van der Waals surface area contributed by atoms with Crippen molar-refractivity contribution in [1.29, 1.82) is 0 Å². The molecule has 0 bridgehead atoms. The van der Waals surface area contributed by atoms with Gasteiger partial charge in [-0.25, -0.2) is 0 Å². The largest absolute Gasteiger partial charge is 0.456 e. The molecule has 1 aliphatic carbocycles. The Morgan fingerprint density at radius 3 is 1.32 bits per heavy atom. The topological polar surface area (TPSA) is 89.5 Å². The maximum Gasteiger partial charge on any atom is 0.303 e. The van der Waals surface area contributed by atoms with Crippen molar-refractivity contribution in [2.24, 2.45) is 0 Å². The first-order valence-electron chi connectivity index (χ1n) is 11.2. The highest BCUT2D eigenvalue weighted by Crippen LogP contribution is 2.34. The third kappa shape index (κ3) is 6.64. The fraction of sp³-hybridized carbons (Fsp3) is 0.462. The summed E-state index contributed by atoms with van der Waals surface area (Å²) < 4.78 is 35.3. The van der Waals surface area contributed by atoms with Crippen molar-refractivity contribution in [3.63, 3.8) is 0 Å². The molecule has 1 aliphatic rings.